The molecule has 7 nitrogen and oxygen atoms in total. The van der Waals surface area contributed by atoms with E-state index in [-0.39, 0.29) is 16.9 Å². The molecule has 9 heteroatoms. The van der Waals surface area contributed by atoms with Gasteiger partial charge in [-0.05, 0) is 62.4 Å². The van der Waals surface area contributed by atoms with Crippen LogP contribution in [0.2, 0.25) is 0 Å². The highest BCUT2D eigenvalue weighted by Crippen LogP contribution is 2.36. The Morgan fingerprint density at radius 2 is 1.59 bits per heavy atom. The van der Waals surface area contributed by atoms with E-state index in [9.17, 15) is 23.2 Å². The number of hydrogen-bond acceptors (Lipinski definition) is 6. The minimum absolute atomic E-state index is 0.0867. The van der Waals surface area contributed by atoms with Gasteiger partial charge in [0, 0.05) is 0 Å². The van der Waals surface area contributed by atoms with E-state index in [0.29, 0.717) is 0 Å². The molecule has 1 N–H and O–H groups in total. The van der Waals surface area contributed by atoms with Crippen LogP contribution in [0, 0.1) is 0 Å². The van der Waals surface area contributed by atoms with Crippen LogP contribution in [-0.4, -0.2) is 34.7 Å². The molecule has 32 heavy (non-hydrogen) atoms. The van der Waals surface area contributed by atoms with Crippen LogP contribution in [-0.2, 0) is 14.3 Å². The van der Waals surface area contributed by atoms with Crippen LogP contribution >= 0.6 is 0 Å². The first kappa shape index (κ1) is 23.2. The van der Waals surface area contributed by atoms with Gasteiger partial charge in [0.15, 0.2) is 0 Å². The van der Waals surface area contributed by atoms with Crippen LogP contribution in [0.15, 0.2) is 54.6 Å². The van der Waals surface area contributed by atoms with Crippen molar-refractivity contribution < 1.29 is 42.5 Å². The number of ether oxygens (including phenoxy) is 3. The van der Waals surface area contributed by atoms with Gasteiger partial charge in [-0.1, -0.05) is 30.3 Å². The highest BCUT2D eigenvalue weighted by atomic mass is 19.3. The van der Waals surface area contributed by atoms with Gasteiger partial charge in [0.25, 0.3) is 0 Å². The summed E-state index contributed by atoms with van der Waals surface area (Å²) in [6.07, 6.45) is 0.214. The van der Waals surface area contributed by atoms with Crippen molar-refractivity contribution in [2.75, 3.05) is 0 Å². The number of esters is 1. The summed E-state index contributed by atoms with van der Waals surface area (Å²) in [7, 11) is 0. The summed E-state index contributed by atoms with van der Waals surface area (Å²) in [6, 6.07) is 11.9. The van der Waals surface area contributed by atoms with Crippen LogP contribution in [0.1, 0.15) is 54.6 Å². The van der Waals surface area contributed by atoms with Crippen LogP contribution in [0.3, 0.4) is 0 Å². The molecule has 0 saturated heterocycles. The zero-order valence-corrected chi connectivity index (χ0v) is 17.3. The molecule has 3 rings (SSSR count). The number of carbonyl (C=O) groups is 3. The molecule has 0 aliphatic heterocycles. The third-order valence-corrected chi connectivity index (χ3v) is 5.22. The summed E-state index contributed by atoms with van der Waals surface area (Å²) < 4.78 is 43.8. The molecule has 1 aliphatic rings. The highest BCUT2D eigenvalue weighted by Gasteiger charge is 2.51. The maximum atomic E-state index is 14.2. The van der Waals surface area contributed by atoms with Crippen molar-refractivity contribution in [2.24, 2.45) is 0 Å². The van der Waals surface area contributed by atoms with Crippen LogP contribution < -0.4 is 4.74 Å². The maximum absolute atomic E-state index is 14.2. The number of rotatable bonds is 7. The molecule has 0 radical (unpaired) electrons. The van der Waals surface area contributed by atoms with Gasteiger partial charge in [-0.2, -0.15) is 8.78 Å². The van der Waals surface area contributed by atoms with E-state index in [1.165, 1.54) is 48.5 Å². The third-order valence-electron chi connectivity index (χ3n) is 5.22. The van der Waals surface area contributed by atoms with Crippen LogP contribution in [0.5, 0.6) is 5.75 Å². The Hall–Kier alpha value is -3.49. The van der Waals surface area contributed by atoms with Crippen molar-refractivity contribution in [1.29, 1.82) is 0 Å². The summed E-state index contributed by atoms with van der Waals surface area (Å²) in [6.45, 7) is 1.83. The molecule has 0 heterocycles. The predicted octanol–water partition coefficient (Wildman–Crippen LogP) is 5.15. The Morgan fingerprint density at radius 3 is 2.16 bits per heavy atom. The third kappa shape index (κ3) is 5.40. The molecule has 170 valence electrons. The minimum atomic E-state index is -4.35. The number of carboxylic acids is 1. The summed E-state index contributed by atoms with van der Waals surface area (Å²) in [5.41, 5.74) is -0.866. The lowest BCUT2D eigenvalue weighted by atomic mass is 10.0. The SMILES string of the molecule is CC1(OC(=O)Oc2ccc(C(=O)OC(c3ccccc3)C(F)(F)C(=O)O)cc2)CCCC1. The predicted molar refractivity (Wildman–Crippen MR) is 108 cm³/mol. The monoisotopic (exact) mass is 448 g/mol. The number of benzene rings is 2. The second kappa shape index (κ2) is 9.33. The topological polar surface area (TPSA) is 99.1 Å². The summed E-state index contributed by atoms with van der Waals surface area (Å²) in [5, 5.41) is 8.90. The molecular formula is C23H22F2O7. The lowest BCUT2D eigenvalue weighted by molar-refractivity contribution is -0.183. The molecule has 1 aliphatic carbocycles. The van der Waals surface area contributed by atoms with E-state index < -0.39 is 35.7 Å². The summed E-state index contributed by atoms with van der Waals surface area (Å²) >= 11 is 0. The smallest absolute Gasteiger partial charge is 0.477 e. The first-order valence-electron chi connectivity index (χ1n) is 9.99. The zero-order valence-electron chi connectivity index (χ0n) is 17.3. The van der Waals surface area contributed by atoms with Crippen molar-refractivity contribution in [3.8, 4) is 5.75 Å². The van der Waals surface area contributed by atoms with Crippen LogP contribution in [0.4, 0.5) is 13.6 Å². The van der Waals surface area contributed by atoms with Crippen molar-refractivity contribution in [3.05, 3.63) is 65.7 Å². The molecular weight excluding hydrogens is 426 g/mol. The lowest BCUT2D eigenvalue weighted by Crippen LogP contribution is -2.38. The second-order valence-corrected chi connectivity index (χ2v) is 7.76. The van der Waals surface area contributed by atoms with Gasteiger partial charge >= 0.3 is 24.0 Å². The van der Waals surface area contributed by atoms with E-state index in [1.807, 2.05) is 6.92 Å². The molecule has 2 aromatic carbocycles. The van der Waals surface area contributed by atoms with Gasteiger partial charge < -0.3 is 19.3 Å². The van der Waals surface area contributed by atoms with E-state index in [0.717, 1.165) is 25.7 Å². The van der Waals surface area contributed by atoms with E-state index in [2.05, 4.69) is 0 Å². The maximum Gasteiger partial charge on any atom is 0.514 e. The molecule has 1 fully saturated rings. The molecule has 1 atom stereocenters. The highest BCUT2D eigenvalue weighted by molar-refractivity contribution is 5.90. The first-order chi connectivity index (χ1) is 15.1. The van der Waals surface area contributed by atoms with Gasteiger partial charge in [0.05, 0.1) is 5.56 Å². The Bertz CT molecular complexity index is 968. The van der Waals surface area contributed by atoms with Gasteiger partial charge in [-0.25, -0.2) is 14.4 Å². The van der Waals surface area contributed by atoms with Crippen LogP contribution in [0.25, 0.3) is 0 Å². The first-order valence-corrected chi connectivity index (χ1v) is 9.99. The minimum Gasteiger partial charge on any atom is -0.477 e. The number of carboxylic acid groups (broad SMARTS) is 1. The molecule has 1 saturated carbocycles. The fraction of sp³-hybridized carbons (Fsp3) is 0.348. The fourth-order valence-corrected chi connectivity index (χ4v) is 3.47. The molecule has 1 unspecified atom stereocenters. The van der Waals surface area contributed by atoms with E-state index >= 15 is 0 Å². The van der Waals surface area contributed by atoms with Gasteiger partial charge in [-0.3, -0.25) is 0 Å². The average Bonchev–Trinajstić information content (AvgIpc) is 3.18. The summed E-state index contributed by atoms with van der Waals surface area (Å²) in [4.78, 5) is 35.5. The number of hydrogen-bond donors (Lipinski definition) is 1. The summed E-state index contributed by atoms with van der Waals surface area (Å²) in [5.74, 6) is -7.84. The quantitative estimate of drug-likeness (QED) is 0.462. The van der Waals surface area contributed by atoms with Gasteiger partial charge in [-0.15, -0.1) is 0 Å². The Kier molecular flexibility index (Phi) is 6.76. The molecule has 0 bridgehead atoms. The zero-order chi connectivity index (χ0) is 23.4. The van der Waals surface area contributed by atoms with Gasteiger partial charge in [0.1, 0.15) is 11.4 Å². The van der Waals surface area contributed by atoms with Crippen molar-refractivity contribution >= 4 is 18.1 Å². The lowest BCUT2D eigenvalue weighted by Gasteiger charge is -2.24. The normalized spacial score (nSPS) is 16.1. The van der Waals surface area contributed by atoms with Crippen molar-refractivity contribution in [1.82, 2.24) is 0 Å². The number of carbonyl (C=O) groups excluding carboxylic acids is 2. The number of halogens is 2. The Morgan fingerprint density at radius 1 is 1.00 bits per heavy atom. The number of aliphatic carboxylic acids is 1. The fourth-order valence-electron chi connectivity index (χ4n) is 3.47. The molecule has 0 amide bonds. The molecule has 2 aromatic rings. The standard InChI is InChI=1S/C23H22F2O7/c1-22(13-5-6-14-22)32-21(29)30-17-11-9-16(10-12-17)19(26)31-18(23(24,25)20(27)28)15-7-3-2-4-8-15/h2-4,7-12,18H,5-6,13-14H2,1H3,(H,27,28). The molecule has 0 spiro atoms. The van der Waals surface area contributed by atoms with Crippen molar-refractivity contribution in [3.63, 3.8) is 0 Å². The average molecular weight is 448 g/mol. The van der Waals surface area contributed by atoms with E-state index in [1.54, 1.807) is 6.07 Å². The number of alkyl halides is 2. The van der Waals surface area contributed by atoms with E-state index in [4.69, 9.17) is 19.3 Å². The Balaban J connectivity index is 1.68. The largest absolute Gasteiger partial charge is 0.514 e. The van der Waals surface area contributed by atoms with Gasteiger partial charge in [0.2, 0.25) is 6.10 Å². The van der Waals surface area contributed by atoms with Crippen molar-refractivity contribution in [2.45, 2.75) is 50.2 Å². The second-order valence-electron chi connectivity index (χ2n) is 7.76. The molecule has 0 aromatic heterocycles. The Labute approximate surface area is 182 Å².